The highest BCUT2D eigenvalue weighted by Gasteiger charge is 2.23. The Kier molecular flexibility index (Phi) is 4.76. The number of H-pyrrole nitrogens is 1. The second kappa shape index (κ2) is 5.94. The largest absolute Gasteiger partial charge is 0.325 e. The minimum Gasteiger partial charge on any atom is -0.325 e. The molecule has 0 saturated heterocycles. The second-order valence-corrected chi connectivity index (χ2v) is 5.26. The van der Waals surface area contributed by atoms with Crippen molar-refractivity contribution in [2.45, 2.75) is 47.0 Å². The average Bonchev–Trinajstić information content (AvgIpc) is 2.25. The molecule has 0 saturated carbocycles. The molecule has 1 N–H and O–H groups in total. The highest BCUT2D eigenvalue weighted by molar-refractivity contribution is 6.10. The van der Waals surface area contributed by atoms with Crippen molar-refractivity contribution in [3.05, 3.63) is 32.7 Å². The summed E-state index contributed by atoms with van der Waals surface area (Å²) in [6.07, 6.45) is -0.232. The summed E-state index contributed by atoms with van der Waals surface area (Å²) in [7, 11) is 0. The van der Waals surface area contributed by atoms with Gasteiger partial charge in [0.15, 0.2) is 11.6 Å². The fourth-order valence-electron chi connectivity index (χ4n) is 2.28. The lowest BCUT2D eigenvalue weighted by Crippen LogP contribution is -2.25. The van der Waals surface area contributed by atoms with Gasteiger partial charge in [-0.25, -0.2) is 0 Å². The minimum absolute atomic E-state index is 0.0127. The maximum atomic E-state index is 12.2. The number of aromatic amines is 1. The summed E-state index contributed by atoms with van der Waals surface area (Å²) in [5.41, 5.74) is 0.624. The van der Waals surface area contributed by atoms with Crippen LogP contribution in [-0.2, 0) is 4.79 Å². The van der Waals surface area contributed by atoms with E-state index in [1.165, 1.54) is 13.8 Å². The van der Waals surface area contributed by atoms with Gasteiger partial charge in [0.05, 0.1) is 12.0 Å². The number of nitrogens with one attached hydrogen (secondary N) is 1. The van der Waals surface area contributed by atoms with E-state index in [1.807, 2.05) is 13.8 Å². The van der Waals surface area contributed by atoms with Crippen LogP contribution in [0.1, 0.15) is 72.0 Å². The first-order valence-electron chi connectivity index (χ1n) is 6.47. The van der Waals surface area contributed by atoms with Gasteiger partial charge in [-0.2, -0.15) is 0 Å². The standard InChI is InChI=1S/C15H19NO4/c1-7(2)14-13(11(19)6-8(3)17)9(4)12(10(5)18)15(20)16-14/h7H,6H2,1-5H3,(H,16,20). The molecule has 0 atom stereocenters. The summed E-state index contributed by atoms with van der Waals surface area (Å²) < 4.78 is 0. The van der Waals surface area contributed by atoms with Gasteiger partial charge in [-0.1, -0.05) is 13.8 Å². The number of rotatable bonds is 5. The lowest BCUT2D eigenvalue weighted by atomic mass is 9.91. The summed E-state index contributed by atoms with van der Waals surface area (Å²) in [6, 6.07) is 0. The summed E-state index contributed by atoms with van der Waals surface area (Å²) in [5.74, 6) is -1.10. The van der Waals surface area contributed by atoms with Crippen molar-refractivity contribution >= 4 is 17.3 Å². The zero-order chi connectivity index (χ0) is 15.6. The van der Waals surface area contributed by atoms with Crippen LogP contribution in [0.15, 0.2) is 4.79 Å². The van der Waals surface area contributed by atoms with Gasteiger partial charge in [0.1, 0.15) is 5.78 Å². The third-order valence-corrected chi connectivity index (χ3v) is 3.11. The number of pyridine rings is 1. The Labute approximate surface area is 117 Å². The van der Waals surface area contributed by atoms with E-state index >= 15 is 0 Å². The van der Waals surface area contributed by atoms with Crippen LogP contribution in [0.5, 0.6) is 0 Å². The molecule has 108 valence electrons. The van der Waals surface area contributed by atoms with Gasteiger partial charge in [0.2, 0.25) is 0 Å². The van der Waals surface area contributed by atoms with Gasteiger partial charge in [0, 0.05) is 11.3 Å². The molecule has 0 unspecified atom stereocenters. The highest BCUT2D eigenvalue weighted by atomic mass is 16.2. The molecule has 0 bridgehead atoms. The van der Waals surface area contributed by atoms with E-state index in [4.69, 9.17) is 0 Å². The number of hydrogen-bond acceptors (Lipinski definition) is 4. The predicted octanol–water partition coefficient (Wildman–Crippen LogP) is 2.17. The fourth-order valence-corrected chi connectivity index (χ4v) is 2.28. The van der Waals surface area contributed by atoms with Gasteiger partial charge in [-0.3, -0.25) is 19.2 Å². The fraction of sp³-hybridized carbons (Fsp3) is 0.467. The lowest BCUT2D eigenvalue weighted by Gasteiger charge is -2.16. The summed E-state index contributed by atoms with van der Waals surface area (Å²) in [6.45, 7) is 7.86. The van der Waals surface area contributed by atoms with Crippen LogP contribution in [0.25, 0.3) is 0 Å². The van der Waals surface area contributed by atoms with Crippen molar-refractivity contribution in [3.63, 3.8) is 0 Å². The van der Waals surface area contributed by atoms with E-state index in [1.54, 1.807) is 6.92 Å². The van der Waals surface area contributed by atoms with E-state index in [9.17, 15) is 19.2 Å². The van der Waals surface area contributed by atoms with E-state index in [0.717, 1.165) is 0 Å². The summed E-state index contributed by atoms with van der Waals surface area (Å²) in [5, 5.41) is 0. The van der Waals surface area contributed by atoms with Gasteiger partial charge in [-0.15, -0.1) is 0 Å². The summed E-state index contributed by atoms with van der Waals surface area (Å²) >= 11 is 0. The Bertz CT molecular complexity index is 638. The molecule has 0 aliphatic rings. The van der Waals surface area contributed by atoms with Gasteiger partial charge < -0.3 is 4.98 Å². The van der Waals surface area contributed by atoms with Crippen LogP contribution in [0.3, 0.4) is 0 Å². The number of ketones is 3. The first kappa shape index (κ1) is 16.0. The molecule has 0 aromatic carbocycles. The zero-order valence-electron chi connectivity index (χ0n) is 12.4. The first-order valence-corrected chi connectivity index (χ1v) is 6.47. The number of Topliss-reactive ketones (excluding diaryl/α,β-unsaturated/α-hetero) is 3. The molecule has 0 aliphatic carbocycles. The van der Waals surface area contributed by atoms with Crippen molar-refractivity contribution in [2.75, 3.05) is 0 Å². The topological polar surface area (TPSA) is 84.1 Å². The molecule has 0 radical (unpaired) electrons. The van der Waals surface area contributed by atoms with E-state index in [2.05, 4.69) is 4.98 Å². The molecular formula is C15H19NO4. The predicted molar refractivity (Wildman–Crippen MR) is 75.5 cm³/mol. The van der Waals surface area contributed by atoms with Crippen LogP contribution < -0.4 is 5.56 Å². The maximum Gasteiger partial charge on any atom is 0.259 e. The lowest BCUT2D eigenvalue weighted by molar-refractivity contribution is -0.116. The number of aromatic nitrogens is 1. The Morgan fingerprint density at radius 2 is 1.65 bits per heavy atom. The number of carbonyl (C=O) groups excluding carboxylic acids is 3. The molecule has 0 aliphatic heterocycles. The van der Waals surface area contributed by atoms with Crippen LogP contribution in [0.4, 0.5) is 0 Å². The third-order valence-electron chi connectivity index (χ3n) is 3.11. The van der Waals surface area contributed by atoms with E-state index < -0.39 is 11.3 Å². The molecule has 1 aromatic heterocycles. The Balaban J connectivity index is 3.65. The second-order valence-electron chi connectivity index (χ2n) is 5.26. The van der Waals surface area contributed by atoms with E-state index in [0.29, 0.717) is 16.8 Å². The Morgan fingerprint density at radius 1 is 1.10 bits per heavy atom. The minimum atomic E-state index is -0.488. The Morgan fingerprint density at radius 3 is 2.05 bits per heavy atom. The molecule has 1 aromatic rings. The molecule has 0 amide bonds. The van der Waals surface area contributed by atoms with Crippen molar-refractivity contribution in [1.82, 2.24) is 4.98 Å². The van der Waals surface area contributed by atoms with Gasteiger partial charge >= 0.3 is 0 Å². The molecule has 0 fully saturated rings. The normalized spacial score (nSPS) is 10.7. The molecule has 5 nitrogen and oxygen atoms in total. The maximum absolute atomic E-state index is 12.2. The van der Waals surface area contributed by atoms with Crippen molar-refractivity contribution in [2.24, 2.45) is 0 Å². The molecular weight excluding hydrogens is 258 g/mol. The number of hydrogen-bond donors (Lipinski definition) is 1. The quantitative estimate of drug-likeness (QED) is 0.660. The third kappa shape index (κ3) is 3.10. The number of carbonyl (C=O) groups is 3. The average molecular weight is 277 g/mol. The van der Waals surface area contributed by atoms with Crippen molar-refractivity contribution in [3.8, 4) is 0 Å². The molecule has 1 heterocycles. The van der Waals surface area contributed by atoms with Crippen LogP contribution in [-0.4, -0.2) is 22.3 Å². The molecule has 1 rings (SSSR count). The first-order chi connectivity index (χ1) is 9.16. The molecule has 20 heavy (non-hydrogen) atoms. The van der Waals surface area contributed by atoms with Crippen molar-refractivity contribution in [1.29, 1.82) is 0 Å². The van der Waals surface area contributed by atoms with Crippen LogP contribution in [0, 0.1) is 6.92 Å². The zero-order valence-corrected chi connectivity index (χ0v) is 12.4. The summed E-state index contributed by atoms with van der Waals surface area (Å²) in [4.78, 5) is 49.5. The molecule has 5 heteroatoms. The van der Waals surface area contributed by atoms with Crippen molar-refractivity contribution < 1.29 is 14.4 Å². The van der Waals surface area contributed by atoms with Crippen LogP contribution in [0.2, 0.25) is 0 Å². The van der Waals surface area contributed by atoms with Gasteiger partial charge in [0.25, 0.3) is 5.56 Å². The SMILES string of the molecule is CC(=O)CC(=O)c1c(C(C)C)[nH]c(=O)c(C(C)=O)c1C. The van der Waals surface area contributed by atoms with E-state index in [-0.39, 0.29) is 29.5 Å². The highest BCUT2D eigenvalue weighted by Crippen LogP contribution is 2.22. The monoisotopic (exact) mass is 277 g/mol. The van der Waals surface area contributed by atoms with Crippen LogP contribution >= 0.6 is 0 Å². The smallest absolute Gasteiger partial charge is 0.259 e. The van der Waals surface area contributed by atoms with Gasteiger partial charge in [-0.05, 0) is 32.3 Å². The Hall–Kier alpha value is -2.04. The molecule has 0 spiro atoms.